The summed E-state index contributed by atoms with van der Waals surface area (Å²) in [6.07, 6.45) is 9.90. The van der Waals surface area contributed by atoms with E-state index in [0.717, 1.165) is 48.2 Å². The zero-order valence-electron chi connectivity index (χ0n) is 16.7. The van der Waals surface area contributed by atoms with Gasteiger partial charge in [-0.05, 0) is 25.0 Å². The molecule has 0 spiro atoms. The van der Waals surface area contributed by atoms with Crippen molar-refractivity contribution >= 4 is 17.1 Å². The first-order valence-electron chi connectivity index (χ1n) is 10.2. The monoisotopic (exact) mass is 404 g/mol. The average molecular weight is 404 g/mol. The fourth-order valence-corrected chi connectivity index (χ4v) is 4.87. The SMILES string of the molecule is N#CCC1(n2ccc(-c3ncnc4[nH]ccc34)c2)CN(C2CCN(C(N)=O)CC2)C1. The molecule has 30 heavy (non-hydrogen) atoms. The van der Waals surface area contributed by atoms with E-state index in [4.69, 9.17) is 5.73 Å². The number of nitrogens with two attached hydrogens (primary N) is 1. The third-order valence-corrected chi connectivity index (χ3v) is 6.56. The maximum Gasteiger partial charge on any atom is 0.314 e. The highest BCUT2D eigenvalue weighted by Gasteiger charge is 2.47. The molecule has 0 unspecified atom stereocenters. The van der Waals surface area contributed by atoms with Crippen molar-refractivity contribution in [3.63, 3.8) is 0 Å². The normalized spacial score (nSPS) is 19.5. The molecule has 0 bridgehead atoms. The molecular formula is C21H24N8O. The second-order valence-electron chi connectivity index (χ2n) is 8.29. The molecule has 2 amide bonds. The number of primary amides is 1. The first kappa shape index (κ1) is 18.6. The molecule has 5 rings (SSSR count). The van der Waals surface area contributed by atoms with Crippen molar-refractivity contribution in [3.05, 3.63) is 37.1 Å². The highest BCUT2D eigenvalue weighted by atomic mass is 16.2. The summed E-state index contributed by atoms with van der Waals surface area (Å²) in [4.78, 5) is 27.4. The second kappa shape index (κ2) is 7.15. The van der Waals surface area contributed by atoms with Gasteiger partial charge in [-0.25, -0.2) is 14.8 Å². The van der Waals surface area contributed by atoms with Crippen LogP contribution in [0.5, 0.6) is 0 Å². The molecule has 9 nitrogen and oxygen atoms in total. The van der Waals surface area contributed by atoms with Gasteiger partial charge >= 0.3 is 6.03 Å². The van der Waals surface area contributed by atoms with E-state index >= 15 is 0 Å². The van der Waals surface area contributed by atoms with Crippen LogP contribution in [0.25, 0.3) is 22.3 Å². The lowest BCUT2D eigenvalue weighted by molar-refractivity contribution is -0.0333. The number of hydrogen-bond donors (Lipinski definition) is 2. The van der Waals surface area contributed by atoms with Crippen molar-refractivity contribution in [2.75, 3.05) is 26.2 Å². The number of likely N-dealkylation sites (tertiary alicyclic amines) is 2. The van der Waals surface area contributed by atoms with Crippen LogP contribution in [0.4, 0.5) is 4.79 Å². The van der Waals surface area contributed by atoms with E-state index in [-0.39, 0.29) is 11.6 Å². The Balaban J connectivity index is 1.34. The molecule has 0 atom stereocenters. The van der Waals surface area contributed by atoms with E-state index in [2.05, 4.69) is 48.9 Å². The molecule has 3 aromatic heterocycles. The molecule has 154 valence electrons. The van der Waals surface area contributed by atoms with Crippen LogP contribution in [0.3, 0.4) is 0 Å². The van der Waals surface area contributed by atoms with Crippen molar-refractivity contribution in [2.24, 2.45) is 5.73 Å². The highest BCUT2D eigenvalue weighted by molar-refractivity contribution is 5.90. The molecule has 0 aromatic carbocycles. The lowest BCUT2D eigenvalue weighted by Crippen LogP contribution is -2.66. The number of nitrogens with one attached hydrogen (secondary N) is 1. The first-order valence-corrected chi connectivity index (χ1v) is 10.2. The van der Waals surface area contributed by atoms with Crippen LogP contribution in [-0.4, -0.2) is 67.6 Å². The topological polar surface area (TPSA) is 120 Å². The lowest BCUT2D eigenvalue weighted by Gasteiger charge is -2.54. The fraction of sp³-hybridized carbons (Fsp3) is 0.429. The molecule has 2 fully saturated rings. The van der Waals surface area contributed by atoms with Gasteiger partial charge in [0.25, 0.3) is 0 Å². The van der Waals surface area contributed by atoms with Gasteiger partial charge in [0, 0.05) is 61.8 Å². The van der Waals surface area contributed by atoms with Gasteiger partial charge in [-0.3, -0.25) is 4.90 Å². The van der Waals surface area contributed by atoms with E-state index < -0.39 is 0 Å². The third-order valence-electron chi connectivity index (χ3n) is 6.56. The minimum atomic E-state index is -0.336. The van der Waals surface area contributed by atoms with E-state index in [1.165, 1.54) is 0 Å². The Morgan fingerprint density at radius 2 is 2.10 bits per heavy atom. The van der Waals surface area contributed by atoms with Crippen molar-refractivity contribution in [1.82, 2.24) is 29.3 Å². The van der Waals surface area contributed by atoms with E-state index in [9.17, 15) is 10.1 Å². The maximum atomic E-state index is 11.4. The Morgan fingerprint density at radius 1 is 1.30 bits per heavy atom. The summed E-state index contributed by atoms with van der Waals surface area (Å²) in [5.41, 5.74) is 7.90. The van der Waals surface area contributed by atoms with E-state index in [0.29, 0.717) is 25.6 Å². The number of H-pyrrole nitrogens is 1. The van der Waals surface area contributed by atoms with Crippen LogP contribution in [0, 0.1) is 11.3 Å². The molecule has 3 N–H and O–H groups in total. The number of carbonyl (C=O) groups is 1. The van der Waals surface area contributed by atoms with Gasteiger partial charge in [0.2, 0.25) is 0 Å². The summed E-state index contributed by atoms with van der Waals surface area (Å²) in [6.45, 7) is 3.07. The molecule has 9 heteroatoms. The van der Waals surface area contributed by atoms with Crippen LogP contribution in [0.2, 0.25) is 0 Å². The third kappa shape index (κ3) is 3.00. The number of nitriles is 1. The average Bonchev–Trinajstić information content (AvgIpc) is 3.40. The van der Waals surface area contributed by atoms with Crippen molar-refractivity contribution in [1.29, 1.82) is 5.26 Å². The smallest absolute Gasteiger partial charge is 0.314 e. The largest absolute Gasteiger partial charge is 0.351 e. The first-order chi connectivity index (χ1) is 14.6. The standard InChI is InChI=1S/C21H24N8O/c22-6-5-21(12-28(13-21)16-3-8-27(9-4-16)20(23)30)29-10-2-15(11-29)18-17-1-7-24-19(17)26-14-25-18/h1-2,7,10-11,14,16H,3-5,8-9,12-13H2,(H2,23,30)(H,24,25,26). The van der Waals surface area contributed by atoms with Gasteiger partial charge in [-0.2, -0.15) is 5.26 Å². The molecule has 2 aliphatic rings. The van der Waals surface area contributed by atoms with E-state index in [1.807, 2.05) is 12.3 Å². The molecular weight excluding hydrogens is 380 g/mol. The number of rotatable bonds is 4. The van der Waals surface area contributed by atoms with Crippen LogP contribution < -0.4 is 5.73 Å². The minimum Gasteiger partial charge on any atom is -0.351 e. The Hall–Kier alpha value is -3.38. The van der Waals surface area contributed by atoms with Crippen LogP contribution >= 0.6 is 0 Å². The second-order valence-corrected chi connectivity index (χ2v) is 8.29. The summed E-state index contributed by atoms with van der Waals surface area (Å²) in [6, 6.07) is 6.52. The molecule has 3 aromatic rings. The Bertz CT molecular complexity index is 1110. The summed E-state index contributed by atoms with van der Waals surface area (Å²) < 4.78 is 2.18. The number of urea groups is 1. The van der Waals surface area contributed by atoms with Crippen molar-refractivity contribution in [3.8, 4) is 17.3 Å². The maximum absolute atomic E-state index is 11.4. The minimum absolute atomic E-state index is 0.224. The predicted octanol–water partition coefficient (Wildman–Crippen LogP) is 1.89. The summed E-state index contributed by atoms with van der Waals surface area (Å²) in [5, 5.41) is 10.5. The van der Waals surface area contributed by atoms with Gasteiger partial charge < -0.3 is 20.2 Å². The summed E-state index contributed by atoms with van der Waals surface area (Å²) >= 11 is 0. The van der Waals surface area contributed by atoms with Gasteiger partial charge in [-0.15, -0.1) is 0 Å². The van der Waals surface area contributed by atoms with Crippen LogP contribution in [0.1, 0.15) is 19.3 Å². The van der Waals surface area contributed by atoms with Gasteiger partial charge in [0.15, 0.2) is 0 Å². The molecule has 0 aliphatic carbocycles. The van der Waals surface area contributed by atoms with Crippen LogP contribution in [-0.2, 0) is 5.54 Å². The number of fused-ring (bicyclic) bond motifs is 1. The van der Waals surface area contributed by atoms with Crippen molar-refractivity contribution < 1.29 is 4.79 Å². The van der Waals surface area contributed by atoms with E-state index in [1.54, 1.807) is 11.2 Å². The number of piperidine rings is 1. The molecule has 0 saturated carbocycles. The predicted molar refractivity (Wildman–Crippen MR) is 111 cm³/mol. The number of nitrogens with zero attached hydrogens (tertiary/aromatic N) is 6. The Kier molecular flexibility index (Phi) is 4.44. The molecule has 0 radical (unpaired) electrons. The van der Waals surface area contributed by atoms with Gasteiger partial charge in [-0.1, -0.05) is 0 Å². The number of carbonyl (C=O) groups excluding carboxylic acids is 1. The zero-order valence-corrected chi connectivity index (χ0v) is 16.7. The fourth-order valence-electron chi connectivity index (χ4n) is 4.87. The van der Waals surface area contributed by atoms with Gasteiger partial charge in [0.1, 0.15) is 12.0 Å². The Morgan fingerprint density at radius 3 is 2.83 bits per heavy atom. The molecule has 2 saturated heterocycles. The molecule has 5 heterocycles. The number of aromatic nitrogens is 4. The quantitative estimate of drug-likeness (QED) is 0.688. The number of aromatic amines is 1. The number of amides is 2. The summed E-state index contributed by atoms with van der Waals surface area (Å²) in [5.74, 6) is 0. The number of hydrogen-bond acceptors (Lipinski definition) is 5. The molecule has 2 aliphatic heterocycles. The summed E-state index contributed by atoms with van der Waals surface area (Å²) in [7, 11) is 0. The van der Waals surface area contributed by atoms with Crippen LogP contribution in [0.15, 0.2) is 37.1 Å². The Labute approximate surface area is 174 Å². The van der Waals surface area contributed by atoms with Gasteiger partial charge in [0.05, 0.1) is 23.7 Å². The zero-order chi connectivity index (χ0) is 20.7. The highest BCUT2D eigenvalue weighted by Crippen LogP contribution is 2.38. The van der Waals surface area contributed by atoms with Crippen molar-refractivity contribution in [2.45, 2.75) is 30.8 Å². The lowest BCUT2D eigenvalue weighted by atomic mass is 9.83.